The lowest BCUT2D eigenvalue weighted by molar-refractivity contribution is -0.151. The van der Waals surface area contributed by atoms with Crippen LogP contribution in [0.15, 0.2) is 0 Å². The molecular formula is C13H22N2O3S. The number of aliphatic carboxylic acids is 1. The molecule has 19 heavy (non-hydrogen) atoms. The van der Waals surface area contributed by atoms with Crippen LogP contribution in [0.3, 0.4) is 0 Å². The van der Waals surface area contributed by atoms with E-state index in [-0.39, 0.29) is 23.1 Å². The van der Waals surface area contributed by atoms with Crippen molar-refractivity contribution in [1.29, 1.82) is 0 Å². The first-order chi connectivity index (χ1) is 9.10. The SMILES string of the molecule is CCC1SCC(C(=O)O)N1C(=O)C1CCCC1CN. The van der Waals surface area contributed by atoms with Crippen molar-refractivity contribution in [2.24, 2.45) is 17.6 Å². The Balaban J connectivity index is 2.16. The van der Waals surface area contributed by atoms with E-state index in [0.29, 0.717) is 12.3 Å². The zero-order valence-electron chi connectivity index (χ0n) is 11.2. The molecule has 1 saturated carbocycles. The minimum atomic E-state index is -0.890. The van der Waals surface area contributed by atoms with Gasteiger partial charge in [-0.2, -0.15) is 0 Å². The Morgan fingerprint density at radius 1 is 1.42 bits per heavy atom. The minimum absolute atomic E-state index is 0.00706. The zero-order chi connectivity index (χ0) is 14.0. The molecule has 0 aromatic heterocycles. The predicted molar refractivity (Wildman–Crippen MR) is 74.7 cm³/mol. The van der Waals surface area contributed by atoms with Crippen molar-refractivity contribution in [3.63, 3.8) is 0 Å². The molecule has 2 aliphatic rings. The van der Waals surface area contributed by atoms with Crippen molar-refractivity contribution >= 4 is 23.6 Å². The van der Waals surface area contributed by atoms with E-state index in [1.807, 2.05) is 6.92 Å². The van der Waals surface area contributed by atoms with Crippen LogP contribution >= 0.6 is 11.8 Å². The van der Waals surface area contributed by atoms with Crippen molar-refractivity contribution in [2.75, 3.05) is 12.3 Å². The molecule has 5 nitrogen and oxygen atoms in total. The molecule has 0 spiro atoms. The average molecular weight is 286 g/mol. The number of carboxylic acids is 1. The fraction of sp³-hybridized carbons (Fsp3) is 0.846. The van der Waals surface area contributed by atoms with Gasteiger partial charge in [-0.3, -0.25) is 4.79 Å². The number of hydrogen-bond donors (Lipinski definition) is 2. The first kappa shape index (κ1) is 14.7. The van der Waals surface area contributed by atoms with E-state index < -0.39 is 12.0 Å². The number of carbonyl (C=O) groups is 2. The zero-order valence-corrected chi connectivity index (χ0v) is 12.1. The highest BCUT2D eigenvalue weighted by atomic mass is 32.2. The third kappa shape index (κ3) is 2.74. The van der Waals surface area contributed by atoms with Gasteiger partial charge < -0.3 is 15.7 Å². The van der Waals surface area contributed by atoms with Gasteiger partial charge in [0.15, 0.2) is 0 Å². The van der Waals surface area contributed by atoms with Gasteiger partial charge in [0.05, 0.1) is 5.37 Å². The van der Waals surface area contributed by atoms with E-state index in [2.05, 4.69) is 0 Å². The van der Waals surface area contributed by atoms with Crippen LogP contribution < -0.4 is 5.73 Å². The van der Waals surface area contributed by atoms with Gasteiger partial charge in [0.1, 0.15) is 6.04 Å². The molecule has 1 aliphatic carbocycles. The smallest absolute Gasteiger partial charge is 0.327 e. The Kier molecular flexibility index (Phi) is 4.73. The van der Waals surface area contributed by atoms with E-state index in [9.17, 15) is 14.7 Å². The number of rotatable bonds is 4. The van der Waals surface area contributed by atoms with Gasteiger partial charge in [-0.05, 0) is 31.7 Å². The molecule has 0 aromatic rings. The topological polar surface area (TPSA) is 83.6 Å². The van der Waals surface area contributed by atoms with Crippen molar-refractivity contribution in [1.82, 2.24) is 4.90 Å². The Labute approximate surface area is 117 Å². The summed E-state index contributed by atoms with van der Waals surface area (Å²) in [6.07, 6.45) is 3.65. The van der Waals surface area contributed by atoms with Crippen LogP contribution in [-0.4, -0.2) is 45.6 Å². The number of nitrogens with two attached hydrogens (primary N) is 1. The summed E-state index contributed by atoms with van der Waals surface area (Å²) in [5.41, 5.74) is 5.73. The second-order valence-corrected chi connectivity index (χ2v) is 6.54. The predicted octanol–water partition coefficient (Wildman–Crippen LogP) is 1.13. The van der Waals surface area contributed by atoms with Crippen LogP contribution in [0.2, 0.25) is 0 Å². The van der Waals surface area contributed by atoms with Crippen LogP contribution in [0.5, 0.6) is 0 Å². The lowest BCUT2D eigenvalue weighted by Gasteiger charge is -2.31. The summed E-state index contributed by atoms with van der Waals surface area (Å²) in [5.74, 6) is -0.222. The molecule has 1 aliphatic heterocycles. The van der Waals surface area contributed by atoms with Crippen LogP contribution in [-0.2, 0) is 9.59 Å². The third-order valence-corrected chi connectivity index (χ3v) is 5.71. The maximum absolute atomic E-state index is 12.7. The number of hydrogen-bond acceptors (Lipinski definition) is 4. The van der Waals surface area contributed by atoms with E-state index in [1.165, 1.54) is 0 Å². The summed E-state index contributed by atoms with van der Waals surface area (Å²) in [7, 11) is 0. The number of amides is 1. The maximum Gasteiger partial charge on any atom is 0.327 e. The highest BCUT2D eigenvalue weighted by Gasteiger charge is 2.45. The first-order valence-electron chi connectivity index (χ1n) is 6.96. The van der Waals surface area contributed by atoms with Gasteiger partial charge >= 0.3 is 5.97 Å². The molecule has 2 fully saturated rings. The molecule has 4 atom stereocenters. The molecule has 1 saturated heterocycles. The molecule has 0 radical (unpaired) electrons. The summed E-state index contributed by atoms with van der Waals surface area (Å²) in [6, 6.07) is -0.665. The van der Waals surface area contributed by atoms with Gasteiger partial charge in [-0.25, -0.2) is 4.79 Å². The molecule has 3 N–H and O–H groups in total. The summed E-state index contributed by atoms with van der Waals surface area (Å²) >= 11 is 1.58. The van der Waals surface area contributed by atoms with E-state index in [1.54, 1.807) is 16.7 Å². The van der Waals surface area contributed by atoms with Gasteiger partial charge in [-0.15, -0.1) is 11.8 Å². The molecule has 1 amide bonds. The fourth-order valence-corrected chi connectivity index (χ4v) is 4.55. The maximum atomic E-state index is 12.7. The monoisotopic (exact) mass is 286 g/mol. The number of carboxylic acid groups (broad SMARTS) is 1. The van der Waals surface area contributed by atoms with Gasteiger partial charge in [0.2, 0.25) is 5.91 Å². The summed E-state index contributed by atoms with van der Waals surface area (Å²) in [6.45, 7) is 2.52. The molecular weight excluding hydrogens is 264 g/mol. The minimum Gasteiger partial charge on any atom is -0.480 e. The highest BCUT2D eigenvalue weighted by Crippen LogP contribution is 2.38. The third-order valence-electron chi connectivity index (χ3n) is 4.26. The molecule has 108 valence electrons. The number of thioether (sulfide) groups is 1. The molecule has 0 bridgehead atoms. The van der Waals surface area contributed by atoms with Crippen LogP contribution in [0.4, 0.5) is 0 Å². The molecule has 6 heteroatoms. The van der Waals surface area contributed by atoms with Gasteiger partial charge in [-0.1, -0.05) is 13.3 Å². The summed E-state index contributed by atoms with van der Waals surface area (Å²) in [5, 5.41) is 9.29. The molecule has 0 aromatic carbocycles. The number of carbonyl (C=O) groups excluding carboxylic acids is 1. The second kappa shape index (κ2) is 6.13. The quantitative estimate of drug-likeness (QED) is 0.809. The van der Waals surface area contributed by atoms with E-state index in [4.69, 9.17) is 5.73 Å². The van der Waals surface area contributed by atoms with E-state index >= 15 is 0 Å². The van der Waals surface area contributed by atoms with Crippen molar-refractivity contribution in [3.05, 3.63) is 0 Å². The van der Waals surface area contributed by atoms with Crippen LogP contribution in [0, 0.1) is 11.8 Å². The van der Waals surface area contributed by atoms with Gasteiger partial charge in [0, 0.05) is 11.7 Å². The number of nitrogens with zero attached hydrogens (tertiary/aromatic N) is 1. The van der Waals surface area contributed by atoms with Crippen molar-refractivity contribution < 1.29 is 14.7 Å². The first-order valence-corrected chi connectivity index (χ1v) is 8.01. The average Bonchev–Trinajstić information content (AvgIpc) is 3.03. The molecule has 4 unspecified atom stereocenters. The van der Waals surface area contributed by atoms with Crippen molar-refractivity contribution in [2.45, 2.75) is 44.0 Å². The molecule has 2 rings (SSSR count). The Bertz CT molecular complexity index is 364. The standard InChI is InChI=1S/C13H22N2O3S/c1-2-11-15(10(7-19-11)13(17)18)12(16)9-5-3-4-8(9)6-14/h8-11H,2-7,14H2,1H3,(H,17,18). The van der Waals surface area contributed by atoms with Gasteiger partial charge in [0.25, 0.3) is 0 Å². The van der Waals surface area contributed by atoms with Crippen molar-refractivity contribution in [3.8, 4) is 0 Å². The Morgan fingerprint density at radius 3 is 2.74 bits per heavy atom. The second-order valence-electron chi connectivity index (χ2n) is 5.33. The Hall–Kier alpha value is -0.750. The summed E-state index contributed by atoms with van der Waals surface area (Å²) in [4.78, 5) is 25.6. The van der Waals surface area contributed by atoms with Crippen LogP contribution in [0.25, 0.3) is 0 Å². The lowest BCUT2D eigenvalue weighted by Crippen LogP contribution is -2.49. The largest absolute Gasteiger partial charge is 0.480 e. The van der Waals surface area contributed by atoms with Crippen LogP contribution in [0.1, 0.15) is 32.6 Å². The normalized spacial score (nSPS) is 34.7. The lowest BCUT2D eigenvalue weighted by atomic mass is 9.94. The fourth-order valence-electron chi connectivity index (χ4n) is 3.20. The van der Waals surface area contributed by atoms with E-state index in [0.717, 1.165) is 25.7 Å². The Morgan fingerprint density at radius 2 is 2.16 bits per heavy atom. The molecule has 1 heterocycles. The summed E-state index contributed by atoms with van der Waals surface area (Å²) < 4.78 is 0. The highest BCUT2D eigenvalue weighted by molar-refractivity contribution is 8.00.